The summed E-state index contributed by atoms with van der Waals surface area (Å²) in [5, 5.41) is 10.3. The van der Waals surface area contributed by atoms with Crippen LogP contribution >= 0.6 is 11.3 Å². The molecule has 5 rings (SSSR count). The number of aryl methyl sites for hydroxylation is 2. The largest absolute Gasteiger partial charge is 0.262 e. The Morgan fingerprint density at radius 2 is 2.27 bits per heavy atom. The van der Waals surface area contributed by atoms with Crippen LogP contribution in [0.15, 0.2) is 18.7 Å². The summed E-state index contributed by atoms with van der Waals surface area (Å²) in [5.74, 6) is 1.59. The Bertz CT molecular complexity index is 1100. The fraction of sp³-hybridized carbons (Fsp3) is 0.474. The van der Waals surface area contributed by atoms with Crippen molar-refractivity contribution in [1.29, 1.82) is 0 Å². The molecule has 4 heterocycles. The molecule has 1 aliphatic rings. The van der Waals surface area contributed by atoms with Crippen LogP contribution in [0, 0.1) is 12.8 Å². The Labute approximate surface area is 155 Å². The highest BCUT2D eigenvalue weighted by molar-refractivity contribution is 7.19. The second-order valence-electron chi connectivity index (χ2n) is 7.36. The summed E-state index contributed by atoms with van der Waals surface area (Å²) in [6, 6.07) is -0.00224. The molecule has 0 fully saturated rings. The van der Waals surface area contributed by atoms with Crippen LogP contribution in [0.5, 0.6) is 0 Å². The van der Waals surface area contributed by atoms with Gasteiger partial charge in [0.25, 0.3) is 0 Å². The molecule has 0 radical (unpaired) electrons. The third kappa shape index (κ3) is 2.37. The third-order valence-corrected chi connectivity index (χ3v) is 6.75. The molecule has 0 aromatic carbocycles. The minimum Gasteiger partial charge on any atom is -0.262 e. The lowest BCUT2D eigenvalue weighted by atomic mass is 9.86. The third-order valence-electron chi connectivity index (χ3n) is 5.58. The topological polar surface area (TPSA) is 60.9 Å². The molecule has 0 saturated carbocycles. The van der Waals surface area contributed by atoms with Gasteiger partial charge in [-0.3, -0.25) is 4.68 Å². The summed E-state index contributed by atoms with van der Waals surface area (Å²) in [6.45, 7) is 6.42. The van der Waals surface area contributed by atoms with Crippen LogP contribution in [-0.2, 0) is 12.8 Å². The van der Waals surface area contributed by atoms with Crippen LogP contribution in [-0.4, -0.2) is 29.4 Å². The highest BCUT2D eigenvalue weighted by Gasteiger charge is 2.25. The van der Waals surface area contributed by atoms with Crippen molar-refractivity contribution < 1.29 is 0 Å². The summed E-state index contributed by atoms with van der Waals surface area (Å²) >= 11 is 1.84. The number of nitrogens with zero attached hydrogens (tertiary/aromatic N) is 6. The first kappa shape index (κ1) is 15.9. The van der Waals surface area contributed by atoms with Crippen molar-refractivity contribution in [3.63, 3.8) is 0 Å². The number of fused-ring (bicyclic) bond motifs is 5. The lowest BCUT2D eigenvalue weighted by Gasteiger charge is -2.20. The van der Waals surface area contributed by atoms with Crippen molar-refractivity contribution >= 4 is 27.2 Å². The first-order valence-electron chi connectivity index (χ1n) is 9.30. The Balaban J connectivity index is 1.64. The van der Waals surface area contributed by atoms with E-state index in [-0.39, 0.29) is 6.04 Å². The molecule has 0 bridgehead atoms. The van der Waals surface area contributed by atoms with Gasteiger partial charge in [0.1, 0.15) is 17.2 Å². The van der Waals surface area contributed by atoms with Crippen molar-refractivity contribution in [1.82, 2.24) is 29.4 Å². The van der Waals surface area contributed by atoms with Gasteiger partial charge in [-0.05, 0) is 50.2 Å². The summed E-state index contributed by atoms with van der Waals surface area (Å²) in [5.41, 5.74) is 3.53. The molecule has 7 heteroatoms. The van der Waals surface area contributed by atoms with Gasteiger partial charge in [-0.1, -0.05) is 13.3 Å². The molecular formula is C19H22N6S. The highest BCUT2D eigenvalue weighted by Crippen LogP contribution is 2.39. The summed E-state index contributed by atoms with van der Waals surface area (Å²) in [4.78, 5) is 12.2. The Kier molecular flexibility index (Phi) is 3.60. The zero-order valence-electron chi connectivity index (χ0n) is 15.3. The standard InChI is InChI=1S/C19H22N6S/c1-4-13-5-6-14-15(7-13)26-19-16(14)18-22-17(23-25(18)10-20-19)12(3)24-9-11(2)8-21-24/h8-10,12-13H,4-7H2,1-3H3/t12-,13-/m0/s1. The van der Waals surface area contributed by atoms with Crippen LogP contribution in [0.25, 0.3) is 15.9 Å². The fourth-order valence-corrected chi connectivity index (χ4v) is 5.24. The van der Waals surface area contributed by atoms with Crippen LogP contribution in [0.1, 0.15) is 54.6 Å². The Morgan fingerprint density at radius 3 is 3.04 bits per heavy atom. The van der Waals surface area contributed by atoms with E-state index in [1.165, 1.54) is 35.1 Å². The van der Waals surface area contributed by atoms with Gasteiger partial charge in [0, 0.05) is 11.1 Å². The first-order chi connectivity index (χ1) is 12.6. The molecule has 1 aliphatic carbocycles. The fourth-order valence-electron chi connectivity index (χ4n) is 3.95. The van der Waals surface area contributed by atoms with E-state index in [0.29, 0.717) is 0 Å². The molecule has 2 atom stereocenters. The molecule has 0 spiro atoms. The maximum atomic E-state index is 4.90. The molecule has 134 valence electrons. The van der Waals surface area contributed by atoms with Gasteiger partial charge in [0.05, 0.1) is 11.6 Å². The van der Waals surface area contributed by atoms with Gasteiger partial charge in [-0.15, -0.1) is 16.4 Å². The summed E-state index contributed by atoms with van der Waals surface area (Å²) in [7, 11) is 0. The Hall–Kier alpha value is -2.28. The Morgan fingerprint density at radius 1 is 1.38 bits per heavy atom. The molecule has 0 aliphatic heterocycles. The van der Waals surface area contributed by atoms with Crippen LogP contribution in [0.3, 0.4) is 0 Å². The van der Waals surface area contributed by atoms with Crippen molar-refractivity contribution in [3.05, 3.63) is 40.5 Å². The van der Waals surface area contributed by atoms with Gasteiger partial charge < -0.3 is 0 Å². The minimum absolute atomic E-state index is 0.00224. The van der Waals surface area contributed by atoms with E-state index in [1.54, 1.807) is 6.33 Å². The van der Waals surface area contributed by atoms with Crippen LogP contribution < -0.4 is 0 Å². The molecule has 0 amide bonds. The molecule has 26 heavy (non-hydrogen) atoms. The van der Waals surface area contributed by atoms with E-state index in [0.717, 1.165) is 34.2 Å². The molecular weight excluding hydrogens is 344 g/mol. The molecule has 0 unspecified atom stereocenters. The quantitative estimate of drug-likeness (QED) is 0.550. The van der Waals surface area contributed by atoms with Crippen molar-refractivity contribution in [2.75, 3.05) is 0 Å². The lowest BCUT2D eigenvalue weighted by molar-refractivity contribution is 0.451. The van der Waals surface area contributed by atoms with E-state index >= 15 is 0 Å². The molecule has 0 N–H and O–H groups in total. The maximum Gasteiger partial charge on any atom is 0.176 e. The first-order valence-corrected chi connectivity index (χ1v) is 10.1. The SMILES string of the molecule is CC[C@H]1CCc2c(sc3ncn4nc([C@H](C)n5cc(C)cn5)nc4c23)C1. The number of aromatic nitrogens is 6. The maximum absolute atomic E-state index is 4.90. The normalized spacial score (nSPS) is 18.5. The van der Waals surface area contributed by atoms with Crippen molar-refractivity contribution in [2.24, 2.45) is 5.92 Å². The van der Waals surface area contributed by atoms with Crippen molar-refractivity contribution in [2.45, 2.75) is 52.5 Å². The summed E-state index contributed by atoms with van der Waals surface area (Å²) in [6.07, 6.45) is 10.5. The van der Waals surface area contributed by atoms with E-state index in [9.17, 15) is 0 Å². The average Bonchev–Trinajstić information content (AvgIpc) is 3.35. The average molecular weight is 366 g/mol. The van der Waals surface area contributed by atoms with Crippen LogP contribution in [0.2, 0.25) is 0 Å². The number of hydrogen-bond acceptors (Lipinski definition) is 5. The second-order valence-corrected chi connectivity index (χ2v) is 8.44. The summed E-state index contributed by atoms with van der Waals surface area (Å²) < 4.78 is 3.76. The van der Waals surface area contributed by atoms with E-state index < -0.39 is 0 Å². The van der Waals surface area contributed by atoms with Crippen molar-refractivity contribution in [3.8, 4) is 0 Å². The molecule has 4 aromatic heterocycles. The van der Waals surface area contributed by atoms with E-state index in [4.69, 9.17) is 10.1 Å². The zero-order valence-corrected chi connectivity index (χ0v) is 16.1. The predicted octanol–water partition coefficient (Wildman–Crippen LogP) is 3.97. The second kappa shape index (κ2) is 5.87. The molecule has 6 nitrogen and oxygen atoms in total. The van der Waals surface area contributed by atoms with Crippen LogP contribution in [0.4, 0.5) is 0 Å². The molecule has 4 aromatic rings. The smallest absolute Gasteiger partial charge is 0.176 e. The lowest BCUT2D eigenvalue weighted by Crippen LogP contribution is -2.11. The van der Waals surface area contributed by atoms with Gasteiger partial charge in [-0.2, -0.15) is 5.10 Å². The van der Waals surface area contributed by atoms with Gasteiger partial charge in [0.2, 0.25) is 0 Å². The molecule has 0 saturated heterocycles. The number of rotatable bonds is 3. The van der Waals surface area contributed by atoms with E-state index in [2.05, 4.69) is 23.9 Å². The zero-order chi connectivity index (χ0) is 17.8. The monoisotopic (exact) mass is 366 g/mol. The predicted molar refractivity (Wildman–Crippen MR) is 103 cm³/mol. The van der Waals surface area contributed by atoms with E-state index in [1.807, 2.05) is 39.9 Å². The number of hydrogen-bond donors (Lipinski definition) is 0. The highest BCUT2D eigenvalue weighted by atomic mass is 32.1. The van der Waals surface area contributed by atoms with Gasteiger partial charge in [0.15, 0.2) is 11.5 Å². The minimum atomic E-state index is -0.00224. The number of thiophene rings is 1. The van der Waals surface area contributed by atoms with Gasteiger partial charge >= 0.3 is 0 Å². The van der Waals surface area contributed by atoms with Gasteiger partial charge in [-0.25, -0.2) is 14.5 Å².